The molecule has 1 aliphatic carbocycles. The van der Waals surface area contributed by atoms with Crippen molar-refractivity contribution < 1.29 is 4.79 Å². The molecule has 0 bridgehead atoms. The maximum Gasteiger partial charge on any atom is 0.224 e. The lowest BCUT2D eigenvalue weighted by atomic mass is 9.67. The number of carbonyl (C=O) groups excluding carboxylic acids is 1. The second kappa shape index (κ2) is 4.97. The third kappa shape index (κ3) is 2.16. The molecule has 2 aliphatic rings. The van der Waals surface area contributed by atoms with Crippen molar-refractivity contribution in [3.8, 4) is 0 Å². The molecule has 3 heteroatoms. The van der Waals surface area contributed by atoms with Gasteiger partial charge in [-0.2, -0.15) is 0 Å². The van der Waals surface area contributed by atoms with Gasteiger partial charge in [0.1, 0.15) is 0 Å². The van der Waals surface area contributed by atoms with E-state index in [9.17, 15) is 4.79 Å². The second-order valence-electron chi connectivity index (χ2n) is 5.92. The first kappa shape index (κ1) is 12.7. The summed E-state index contributed by atoms with van der Waals surface area (Å²) in [6, 6.07) is 6.31. The first-order valence-electron chi connectivity index (χ1n) is 7.37. The van der Waals surface area contributed by atoms with Crippen LogP contribution in [0.25, 0.3) is 0 Å². The number of hydrogen-bond donors (Lipinski definition) is 2. The molecular weight excluding hydrogens is 236 g/mol. The third-order valence-electron chi connectivity index (χ3n) is 4.82. The molecule has 1 amide bonds. The quantitative estimate of drug-likeness (QED) is 0.857. The predicted octanol–water partition coefficient (Wildman–Crippen LogP) is 2.73. The Morgan fingerprint density at radius 2 is 1.95 bits per heavy atom. The zero-order valence-corrected chi connectivity index (χ0v) is 11.4. The zero-order chi connectivity index (χ0) is 13.3. The van der Waals surface area contributed by atoms with E-state index in [1.54, 1.807) is 0 Å². The van der Waals surface area contributed by atoms with E-state index in [1.807, 2.05) is 6.07 Å². The van der Waals surface area contributed by atoms with Gasteiger partial charge in [-0.3, -0.25) is 4.79 Å². The molecule has 0 atom stereocenters. The van der Waals surface area contributed by atoms with E-state index in [4.69, 9.17) is 5.73 Å². The molecule has 0 saturated heterocycles. The fourth-order valence-electron chi connectivity index (χ4n) is 3.73. The normalized spacial score (nSPS) is 21.6. The van der Waals surface area contributed by atoms with Gasteiger partial charge in [0.05, 0.1) is 0 Å². The molecule has 0 radical (unpaired) electrons. The van der Waals surface area contributed by atoms with Crippen molar-refractivity contribution in [2.24, 2.45) is 5.73 Å². The molecule has 3 N–H and O–H groups in total. The van der Waals surface area contributed by atoms with Crippen LogP contribution in [0.5, 0.6) is 0 Å². The Kier molecular flexibility index (Phi) is 3.31. The van der Waals surface area contributed by atoms with E-state index in [0.29, 0.717) is 6.42 Å². The summed E-state index contributed by atoms with van der Waals surface area (Å²) in [6.07, 6.45) is 7.71. The predicted molar refractivity (Wildman–Crippen MR) is 77.2 cm³/mol. The number of amides is 1. The smallest absolute Gasteiger partial charge is 0.224 e. The molecule has 102 valence electrons. The summed E-state index contributed by atoms with van der Waals surface area (Å²) in [5.41, 5.74) is 10.0. The highest BCUT2D eigenvalue weighted by Crippen LogP contribution is 2.42. The lowest BCUT2D eigenvalue weighted by Gasteiger charge is -2.39. The number of carbonyl (C=O) groups is 1. The van der Waals surface area contributed by atoms with E-state index in [-0.39, 0.29) is 11.3 Å². The van der Waals surface area contributed by atoms with E-state index in [0.717, 1.165) is 18.7 Å². The minimum absolute atomic E-state index is 0.134. The highest BCUT2D eigenvalue weighted by Gasteiger charge is 2.35. The Bertz CT molecular complexity index is 490. The maximum atomic E-state index is 11.5. The van der Waals surface area contributed by atoms with E-state index in [2.05, 4.69) is 17.4 Å². The van der Waals surface area contributed by atoms with Gasteiger partial charge in [0.2, 0.25) is 5.91 Å². The molecule has 19 heavy (non-hydrogen) atoms. The minimum atomic E-state index is 0.134. The number of hydrogen-bond acceptors (Lipinski definition) is 2. The third-order valence-corrected chi connectivity index (χ3v) is 4.82. The van der Waals surface area contributed by atoms with Crippen LogP contribution in [0, 0.1) is 0 Å². The molecule has 3 rings (SSSR count). The molecule has 1 aromatic carbocycles. The second-order valence-corrected chi connectivity index (χ2v) is 5.92. The Morgan fingerprint density at radius 3 is 2.68 bits per heavy atom. The molecule has 0 spiro atoms. The van der Waals surface area contributed by atoms with Gasteiger partial charge >= 0.3 is 0 Å². The van der Waals surface area contributed by atoms with Gasteiger partial charge in [-0.25, -0.2) is 0 Å². The highest BCUT2D eigenvalue weighted by molar-refractivity contribution is 5.94. The fraction of sp³-hybridized carbons (Fsp3) is 0.562. The van der Waals surface area contributed by atoms with Crippen molar-refractivity contribution in [1.29, 1.82) is 0 Å². The molecule has 3 nitrogen and oxygen atoms in total. The Hall–Kier alpha value is -1.35. The summed E-state index contributed by atoms with van der Waals surface area (Å²) in [5.74, 6) is 0.134. The van der Waals surface area contributed by atoms with E-state index >= 15 is 0 Å². The van der Waals surface area contributed by atoms with Gasteiger partial charge in [0.25, 0.3) is 0 Å². The van der Waals surface area contributed by atoms with Crippen LogP contribution in [-0.4, -0.2) is 12.5 Å². The van der Waals surface area contributed by atoms with Crippen LogP contribution in [-0.2, 0) is 16.6 Å². The van der Waals surface area contributed by atoms with Crippen molar-refractivity contribution in [2.45, 2.75) is 50.4 Å². The first-order valence-corrected chi connectivity index (χ1v) is 7.37. The number of nitrogens with two attached hydrogens (primary N) is 1. The number of nitrogens with one attached hydrogen (secondary N) is 1. The van der Waals surface area contributed by atoms with Gasteiger partial charge in [-0.05, 0) is 36.5 Å². The molecular formula is C16H22N2O. The van der Waals surface area contributed by atoms with Crippen molar-refractivity contribution in [2.75, 3.05) is 11.9 Å². The van der Waals surface area contributed by atoms with Gasteiger partial charge in [0.15, 0.2) is 0 Å². The summed E-state index contributed by atoms with van der Waals surface area (Å²) < 4.78 is 0. The topological polar surface area (TPSA) is 55.1 Å². The molecule has 1 aliphatic heterocycles. The summed E-state index contributed by atoms with van der Waals surface area (Å²) in [7, 11) is 0. The molecule has 1 saturated carbocycles. The minimum Gasteiger partial charge on any atom is -0.330 e. The van der Waals surface area contributed by atoms with Crippen LogP contribution in [0.15, 0.2) is 18.2 Å². The highest BCUT2D eigenvalue weighted by atomic mass is 16.1. The number of benzene rings is 1. The fourth-order valence-corrected chi connectivity index (χ4v) is 3.73. The van der Waals surface area contributed by atoms with Crippen LogP contribution in [0.1, 0.15) is 49.7 Å². The van der Waals surface area contributed by atoms with Crippen molar-refractivity contribution in [3.63, 3.8) is 0 Å². The van der Waals surface area contributed by atoms with Gasteiger partial charge in [-0.1, -0.05) is 31.4 Å². The Morgan fingerprint density at radius 1 is 1.16 bits per heavy atom. The monoisotopic (exact) mass is 258 g/mol. The zero-order valence-electron chi connectivity index (χ0n) is 11.4. The molecule has 1 aromatic rings. The average molecular weight is 258 g/mol. The van der Waals surface area contributed by atoms with Crippen LogP contribution in [0.2, 0.25) is 0 Å². The number of fused-ring (bicyclic) bond motifs is 1. The molecule has 0 aromatic heterocycles. The summed E-state index contributed by atoms with van der Waals surface area (Å²) >= 11 is 0. The number of rotatable bonds is 2. The van der Waals surface area contributed by atoms with Crippen molar-refractivity contribution in [1.82, 2.24) is 0 Å². The lowest BCUT2D eigenvalue weighted by Crippen LogP contribution is -2.38. The first-order chi connectivity index (χ1) is 9.25. The standard InChI is InChI=1S/C16H22N2O/c17-11-16(9-2-1-3-10-16)13-5-4-6-14-12(13)7-8-15(19)18-14/h4-6H,1-3,7-11,17H2,(H,18,19). The Labute approximate surface area is 114 Å². The van der Waals surface area contributed by atoms with Crippen LogP contribution < -0.4 is 11.1 Å². The van der Waals surface area contributed by atoms with Crippen LogP contribution in [0.3, 0.4) is 0 Å². The maximum absolute atomic E-state index is 11.5. The van der Waals surface area contributed by atoms with Gasteiger partial charge in [-0.15, -0.1) is 0 Å². The van der Waals surface area contributed by atoms with Crippen molar-refractivity contribution >= 4 is 11.6 Å². The molecule has 1 heterocycles. The summed E-state index contributed by atoms with van der Waals surface area (Å²) in [6.45, 7) is 0.720. The van der Waals surface area contributed by atoms with E-state index in [1.165, 1.54) is 43.2 Å². The van der Waals surface area contributed by atoms with Gasteiger partial charge in [0, 0.05) is 24.1 Å². The average Bonchev–Trinajstić information content (AvgIpc) is 2.47. The van der Waals surface area contributed by atoms with Crippen LogP contribution >= 0.6 is 0 Å². The molecule has 1 fully saturated rings. The lowest BCUT2D eigenvalue weighted by molar-refractivity contribution is -0.116. The summed E-state index contributed by atoms with van der Waals surface area (Å²) in [4.78, 5) is 11.5. The molecule has 0 unspecified atom stereocenters. The van der Waals surface area contributed by atoms with Crippen LogP contribution in [0.4, 0.5) is 5.69 Å². The Balaban J connectivity index is 2.04. The van der Waals surface area contributed by atoms with Crippen molar-refractivity contribution in [3.05, 3.63) is 29.3 Å². The largest absolute Gasteiger partial charge is 0.330 e. The summed E-state index contributed by atoms with van der Waals surface area (Å²) in [5, 5.41) is 3.00. The van der Waals surface area contributed by atoms with E-state index < -0.39 is 0 Å². The number of anilines is 1. The SMILES string of the molecule is NCC1(c2cccc3c2CCC(=O)N3)CCCCC1. The van der Waals surface area contributed by atoms with Gasteiger partial charge < -0.3 is 11.1 Å².